The fourth-order valence-electron chi connectivity index (χ4n) is 1.69. The molecule has 98 valence electrons. The highest BCUT2D eigenvalue weighted by atomic mass is 35.5. The molecule has 2 aromatic carbocycles. The van der Waals surface area contributed by atoms with E-state index in [1.807, 2.05) is 12.1 Å². The first-order valence-electron chi connectivity index (χ1n) is 5.42. The third kappa shape index (κ3) is 5.84. The number of nitrogens with zero attached hydrogens (tertiary/aromatic N) is 1. The van der Waals surface area contributed by atoms with Crippen molar-refractivity contribution in [1.29, 1.82) is 0 Å². The van der Waals surface area contributed by atoms with Gasteiger partial charge in [-0.3, -0.25) is 4.67 Å². The van der Waals surface area contributed by atoms with Crippen molar-refractivity contribution in [2.24, 2.45) is 0 Å². The Hall–Kier alpha value is -0.590. The van der Waals surface area contributed by atoms with Crippen molar-refractivity contribution in [1.82, 2.24) is 4.67 Å². The van der Waals surface area contributed by atoms with Crippen LogP contribution in [0.25, 0.3) is 0 Å². The number of halogens is 2. The van der Waals surface area contributed by atoms with Gasteiger partial charge in [-0.25, -0.2) is 0 Å². The van der Waals surface area contributed by atoms with E-state index >= 15 is 0 Å². The highest BCUT2D eigenvalue weighted by Crippen LogP contribution is 2.13. The van der Waals surface area contributed by atoms with Crippen molar-refractivity contribution in [3.05, 3.63) is 71.8 Å². The van der Waals surface area contributed by atoms with Crippen molar-refractivity contribution < 1.29 is 0 Å². The lowest BCUT2D eigenvalue weighted by atomic mass is 10.2. The second-order valence-electron chi connectivity index (χ2n) is 3.88. The molecule has 2 aromatic rings. The van der Waals surface area contributed by atoms with Gasteiger partial charge in [0.25, 0.3) is 0 Å². The number of benzene rings is 2. The van der Waals surface area contributed by atoms with Crippen molar-refractivity contribution in [3.8, 4) is 0 Å². The summed E-state index contributed by atoms with van der Waals surface area (Å²) in [5, 5.41) is 0. The first-order chi connectivity index (χ1) is 7.84. The van der Waals surface area contributed by atoms with Crippen LogP contribution < -0.4 is 0 Å². The van der Waals surface area contributed by atoms with Gasteiger partial charge in [-0.2, -0.15) is 0 Å². The molecule has 0 saturated heterocycles. The van der Waals surface area contributed by atoms with Crippen LogP contribution >= 0.6 is 34.2 Å². The molecule has 1 atom stereocenters. The third-order valence-corrected chi connectivity index (χ3v) is 2.82. The predicted molar refractivity (Wildman–Crippen MR) is 86.3 cm³/mol. The molecule has 0 N–H and O–H groups in total. The van der Waals surface area contributed by atoms with Gasteiger partial charge >= 0.3 is 0 Å². The third-order valence-electron chi connectivity index (χ3n) is 2.46. The van der Waals surface area contributed by atoms with E-state index in [2.05, 4.69) is 62.6 Å². The highest BCUT2D eigenvalue weighted by Gasteiger charge is 2.00. The monoisotopic (exact) mass is 301 g/mol. The molecule has 0 aromatic heterocycles. The largest absolute Gasteiger partial charge is 0.279 e. The molecule has 0 fully saturated rings. The number of hydrogen-bond donors (Lipinski definition) is 0. The Morgan fingerprint density at radius 1 is 0.667 bits per heavy atom. The number of rotatable bonds is 4. The highest BCUT2D eigenvalue weighted by molar-refractivity contribution is 7.13. The molecule has 4 heteroatoms. The van der Waals surface area contributed by atoms with Gasteiger partial charge < -0.3 is 0 Å². The Bertz CT molecular complexity index is 381. The van der Waals surface area contributed by atoms with Crippen molar-refractivity contribution >= 4 is 34.2 Å². The SMILES string of the molecule is Cl.Cl.PN(Cc1ccccc1)Cc1ccccc1. The maximum Gasteiger partial charge on any atom is 0.0271 e. The van der Waals surface area contributed by atoms with Gasteiger partial charge in [-0.1, -0.05) is 70.1 Å². The standard InChI is InChI=1S/C14H16NP.2ClH/c16-15(11-13-7-3-1-4-8-13)12-14-9-5-2-6-10-14;;/h1-10H,11-12,16H2;2*1H. The van der Waals surface area contributed by atoms with Crippen LogP contribution in [0.4, 0.5) is 0 Å². The van der Waals surface area contributed by atoms with E-state index in [0.29, 0.717) is 0 Å². The molecule has 0 spiro atoms. The van der Waals surface area contributed by atoms with Crippen LogP contribution in [0.3, 0.4) is 0 Å². The van der Waals surface area contributed by atoms with E-state index in [1.54, 1.807) is 0 Å². The van der Waals surface area contributed by atoms with E-state index in [1.165, 1.54) is 11.1 Å². The lowest BCUT2D eigenvalue weighted by molar-refractivity contribution is 0.461. The van der Waals surface area contributed by atoms with E-state index in [0.717, 1.165) is 13.1 Å². The first kappa shape index (κ1) is 17.4. The second-order valence-corrected chi connectivity index (χ2v) is 4.61. The lowest BCUT2D eigenvalue weighted by Crippen LogP contribution is -2.10. The summed E-state index contributed by atoms with van der Waals surface area (Å²) in [6.07, 6.45) is 0. The molecule has 0 amide bonds. The Morgan fingerprint density at radius 3 is 1.33 bits per heavy atom. The molecule has 0 radical (unpaired) electrons. The van der Waals surface area contributed by atoms with E-state index in [9.17, 15) is 0 Å². The van der Waals surface area contributed by atoms with Gasteiger partial charge in [-0.05, 0) is 11.1 Å². The average Bonchev–Trinajstić information content (AvgIpc) is 2.31. The number of hydrogen-bond acceptors (Lipinski definition) is 1. The van der Waals surface area contributed by atoms with Crippen LogP contribution in [-0.2, 0) is 13.1 Å². The smallest absolute Gasteiger partial charge is 0.0271 e. The van der Waals surface area contributed by atoms with E-state index < -0.39 is 0 Å². The van der Waals surface area contributed by atoms with Gasteiger partial charge in [0.1, 0.15) is 0 Å². The molecule has 0 saturated carbocycles. The molecule has 0 aliphatic rings. The molecule has 1 nitrogen and oxygen atoms in total. The van der Waals surface area contributed by atoms with Gasteiger partial charge in [-0.15, -0.1) is 24.8 Å². The van der Waals surface area contributed by atoms with Crippen LogP contribution in [0.1, 0.15) is 11.1 Å². The Morgan fingerprint density at radius 2 is 1.00 bits per heavy atom. The summed E-state index contributed by atoms with van der Waals surface area (Å²) >= 11 is 0. The van der Waals surface area contributed by atoms with Crippen LogP contribution in [-0.4, -0.2) is 4.67 Å². The minimum atomic E-state index is 0. The molecule has 0 bridgehead atoms. The Kier molecular flexibility index (Phi) is 9.05. The summed E-state index contributed by atoms with van der Waals surface area (Å²) in [5.74, 6) is 0. The minimum Gasteiger partial charge on any atom is -0.279 e. The van der Waals surface area contributed by atoms with Crippen molar-refractivity contribution in [2.45, 2.75) is 13.1 Å². The van der Waals surface area contributed by atoms with Crippen LogP contribution in [0.5, 0.6) is 0 Å². The molecular weight excluding hydrogens is 284 g/mol. The van der Waals surface area contributed by atoms with Gasteiger partial charge in [0.05, 0.1) is 0 Å². The van der Waals surface area contributed by atoms with E-state index in [-0.39, 0.29) is 24.8 Å². The first-order valence-corrected chi connectivity index (χ1v) is 5.94. The zero-order valence-electron chi connectivity index (χ0n) is 10.0. The molecular formula is C14H18Cl2NP. The van der Waals surface area contributed by atoms with Crippen LogP contribution in [0, 0.1) is 0 Å². The molecule has 2 rings (SSSR count). The van der Waals surface area contributed by atoms with Crippen LogP contribution in [0.2, 0.25) is 0 Å². The summed E-state index contributed by atoms with van der Waals surface area (Å²) in [7, 11) is 2.79. The molecule has 0 aliphatic heterocycles. The quantitative estimate of drug-likeness (QED) is 0.760. The molecule has 18 heavy (non-hydrogen) atoms. The zero-order chi connectivity index (χ0) is 11.2. The predicted octanol–water partition coefficient (Wildman–Crippen LogP) is 4.32. The molecule has 0 aliphatic carbocycles. The summed E-state index contributed by atoms with van der Waals surface area (Å²) in [4.78, 5) is 0. The van der Waals surface area contributed by atoms with Gasteiger partial charge in [0.2, 0.25) is 0 Å². The zero-order valence-corrected chi connectivity index (χ0v) is 12.8. The second kappa shape index (κ2) is 9.35. The molecule has 1 unspecified atom stereocenters. The van der Waals surface area contributed by atoms with Crippen molar-refractivity contribution in [3.63, 3.8) is 0 Å². The topological polar surface area (TPSA) is 3.24 Å². The summed E-state index contributed by atoms with van der Waals surface area (Å²) in [5.41, 5.74) is 2.68. The van der Waals surface area contributed by atoms with Crippen LogP contribution in [0.15, 0.2) is 60.7 Å². The fraction of sp³-hybridized carbons (Fsp3) is 0.143. The Labute approximate surface area is 124 Å². The summed E-state index contributed by atoms with van der Waals surface area (Å²) in [6.45, 7) is 1.92. The minimum absolute atomic E-state index is 0. The Balaban J connectivity index is 0.00000144. The lowest BCUT2D eigenvalue weighted by Gasteiger charge is -2.16. The normalized spacial score (nSPS) is 9.44. The molecule has 0 heterocycles. The average molecular weight is 302 g/mol. The maximum absolute atomic E-state index is 2.79. The van der Waals surface area contributed by atoms with Gasteiger partial charge in [0, 0.05) is 13.1 Å². The fourth-order valence-corrected chi connectivity index (χ4v) is 2.11. The van der Waals surface area contributed by atoms with Gasteiger partial charge in [0.15, 0.2) is 0 Å². The summed E-state index contributed by atoms with van der Waals surface area (Å²) in [6, 6.07) is 21.0. The summed E-state index contributed by atoms with van der Waals surface area (Å²) < 4.78 is 2.24. The van der Waals surface area contributed by atoms with E-state index in [4.69, 9.17) is 0 Å². The maximum atomic E-state index is 2.79. The van der Waals surface area contributed by atoms with Crippen molar-refractivity contribution in [2.75, 3.05) is 0 Å².